The number of rotatable bonds is 6. The quantitative estimate of drug-likeness (QED) is 0.856. The number of carbonyl (C=O) groups excluding carboxylic acids is 1. The van der Waals surface area contributed by atoms with Gasteiger partial charge < -0.3 is 10.4 Å². The van der Waals surface area contributed by atoms with Crippen molar-refractivity contribution in [2.75, 3.05) is 6.61 Å². The Morgan fingerprint density at radius 1 is 1.39 bits per heavy atom. The summed E-state index contributed by atoms with van der Waals surface area (Å²) in [4.78, 5) is 16.7. The molecule has 0 aliphatic carbocycles. The average molecular weight is 316 g/mol. The van der Waals surface area contributed by atoms with Crippen LogP contribution in [0, 0.1) is 13.8 Å². The Kier molecular flexibility index (Phi) is 5.15. The normalized spacial score (nSPS) is 13.6. The van der Waals surface area contributed by atoms with Gasteiger partial charge in [0.05, 0.1) is 11.3 Å². The van der Waals surface area contributed by atoms with E-state index in [0.29, 0.717) is 17.8 Å². The fraction of sp³-hybridized carbons (Fsp3) is 0.471. The van der Waals surface area contributed by atoms with E-state index in [-0.39, 0.29) is 12.5 Å². The minimum absolute atomic E-state index is 0.0414. The molecule has 0 bridgehead atoms. The summed E-state index contributed by atoms with van der Waals surface area (Å²) in [5, 5.41) is 16.5. The first-order valence-corrected chi connectivity index (χ1v) is 7.81. The molecule has 0 saturated heterocycles. The van der Waals surface area contributed by atoms with Gasteiger partial charge in [-0.1, -0.05) is 6.92 Å². The molecule has 2 heterocycles. The molecule has 6 nitrogen and oxygen atoms in total. The van der Waals surface area contributed by atoms with Crippen molar-refractivity contribution in [3.63, 3.8) is 0 Å². The number of hydrogen-bond acceptors (Lipinski definition) is 4. The molecule has 2 aromatic heterocycles. The van der Waals surface area contributed by atoms with Gasteiger partial charge in [0, 0.05) is 24.0 Å². The topological polar surface area (TPSA) is 80.0 Å². The second kappa shape index (κ2) is 6.91. The van der Waals surface area contributed by atoms with Gasteiger partial charge in [0.15, 0.2) is 5.82 Å². The lowest BCUT2D eigenvalue weighted by atomic mass is 9.94. The molecule has 1 atom stereocenters. The van der Waals surface area contributed by atoms with Gasteiger partial charge >= 0.3 is 0 Å². The van der Waals surface area contributed by atoms with Crippen molar-refractivity contribution in [3.05, 3.63) is 41.3 Å². The third kappa shape index (κ3) is 3.96. The molecule has 0 spiro atoms. The number of nitrogens with one attached hydrogen (secondary N) is 1. The third-order valence-electron chi connectivity index (χ3n) is 4.10. The number of pyridine rings is 1. The molecule has 0 aliphatic heterocycles. The van der Waals surface area contributed by atoms with E-state index in [0.717, 1.165) is 17.8 Å². The van der Waals surface area contributed by atoms with Crippen LogP contribution in [0.2, 0.25) is 0 Å². The SMILES string of the molecule is CCC(C)(CCO)NC(=O)c1ccc(-n2nc(C)cc2C)nc1. The molecule has 1 unspecified atom stereocenters. The molecule has 0 fully saturated rings. The van der Waals surface area contributed by atoms with Crippen molar-refractivity contribution < 1.29 is 9.90 Å². The molecule has 0 radical (unpaired) electrons. The Labute approximate surface area is 136 Å². The second-order valence-corrected chi connectivity index (χ2v) is 6.09. The highest BCUT2D eigenvalue weighted by Gasteiger charge is 2.24. The zero-order valence-electron chi connectivity index (χ0n) is 14.1. The van der Waals surface area contributed by atoms with E-state index in [2.05, 4.69) is 15.4 Å². The van der Waals surface area contributed by atoms with Crippen LogP contribution in [0.4, 0.5) is 0 Å². The number of hydrogen-bond donors (Lipinski definition) is 2. The fourth-order valence-corrected chi connectivity index (χ4v) is 2.43. The summed E-state index contributed by atoms with van der Waals surface area (Å²) in [7, 11) is 0. The van der Waals surface area contributed by atoms with Crippen LogP contribution in [-0.4, -0.2) is 37.9 Å². The molecule has 6 heteroatoms. The molecule has 0 aromatic carbocycles. The van der Waals surface area contributed by atoms with Gasteiger partial charge in [-0.25, -0.2) is 9.67 Å². The van der Waals surface area contributed by atoms with Crippen LogP contribution < -0.4 is 5.32 Å². The summed E-state index contributed by atoms with van der Waals surface area (Å²) in [6.45, 7) is 7.85. The van der Waals surface area contributed by atoms with Crippen LogP contribution in [0.15, 0.2) is 24.4 Å². The minimum Gasteiger partial charge on any atom is -0.396 e. The smallest absolute Gasteiger partial charge is 0.253 e. The summed E-state index contributed by atoms with van der Waals surface area (Å²) >= 11 is 0. The highest BCUT2D eigenvalue weighted by molar-refractivity contribution is 5.94. The standard InChI is InChI=1S/C17H24N4O2/c1-5-17(4,8-9-22)19-16(23)14-6-7-15(18-11-14)21-13(3)10-12(2)20-21/h6-7,10-11,22H,5,8-9H2,1-4H3,(H,19,23). The summed E-state index contributed by atoms with van der Waals surface area (Å²) < 4.78 is 1.75. The molecular weight excluding hydrogens is 292 g/mol. The third-order valence-corrected chi connectivity index (χ3v) is 4.10. The van der Waals surface area contributed by atoms with Gasteiger partial charge in [-0.05, 0) is 51.8 Å². The van der Waals surface area contributed by atoms with E-state index in [1.54, 1.807) is 23.0 Å². The van der Waals surface area contributed by atoms with Crippen molar-refractivity contribution in [1.82, 2.24) is 20.1 Å². The van der Waals surface area contributed by atoms with E-state index < -0.39 is 5.54 Å². The zero-order chi connectivity index (χ0) is 17.0. The average Bonchev–Trinajstić information content (AvgIpc) is 2.86. The largest absolute Gasteiger partial charge is 0.396 e. The lowest BCUT2D eigenvalue weighted by Gasteiger charge is -2.29. The van der Waals surface area contributed by atoms with Crippen molar-refractivity contribution >= 4 is 5.91 Å². The maximum atomic E-state index is 12.4. The predicted molar refractivity (Wildman–Crippen MR) is 88.7 cm³/mol. The van der Waals surface area contributed by atoms with Gasteiger partial charge in [-0.2, -0.15) is 5.10 Å². The first-order valence-electron chi connectivity index (χ1n) is 7.81. The zero-order valence-corrected chi connectivity index (χ0v) is 14.1. The molecule has 1 amide bonds. The summed E-state index contributed by atoms with van der Waals surface area (Å²) in [5.74, 6) is 0.496. The highest BCUT2D eigenvalue weighted by Crippen LogP contribution is 2.15. The highest BCUT2D eigenvalue weighted by atomic mass is 16.3. The number of aryl methyl sites for hydroxylation is 2. The number of aliphatic hydroxyl groups excluding tert-OH is 1. The Morgan fingerprint density at radius 3 is 2.61 bits per heavy atom. The molecular formula is C17H24N4O2. The van der Waals surface area contributed by atoms with E-state index in [4.69, 9.17) is 5.11 Å². The van der Waals surface area contributed by atoms with E-state index >= 15 is 0 Å². The van der Waals surface area contributed by atoms with Crippen molar-refractivity contribution in [3.8, 4) is 5.82 Å². The molecule has 2 aromatic rings. The second-order valence-electron chi connectivity index (χ2n) is 6.09. The molecule has 124 valence electrons. The number of aliphatic hydroxyl groups is 1. The van der Waals surface area contributed by atoms with Gasteiger partial charge in [0.1, 0.15) is 0 Å². The van der Waals surface area contributed by atoms with Gasteiger partial charge in [-0.15, -0.1) is 0 Å². The first kappa shape index (κ1) is 17.1. The fourth-order valence-electron chi connectivity index (χ4n) is 2.43. The van der Waals surface area contributed by atoms with Gasteiger partial charge in [0.2, 0.25) is 0 Å². The molecule has 23 heavy (non-hydrogen) atoms. The van der Waals surface area contributed by atoms with Crippen molar-refractivity contribution in [2.24, 2.45) is 0 Å². The summed E-state index contributed by atoms with van der Waals surface area (Å²) in [5.41, 5.74) is 2.00. The van der Waals surface area contributed by atoms with Crippen LogP contribution in [-0.2, 0) is 0 Å². The Hall–Kier alpha value is -2.21. The molecule has 2 rings (SSSR count). The van der Waals surface area contributed by atoms with Gasteiger partial charge in [-0.3, -0.25) is 4.79 Å². The number of aromatic nitrogens is 3. The van der Waals surface area contributed by atoms with E-state index in [9.17, 15) is 4.79 Å². The van der Waals surface area contributed by atoms with E-state index in [1.807, 2.05) is 33.8 Å². The van der Waals surface area contributed by atoms with Crippen LogP contribution in [0.5, 0.6) is 0 Å². The monoisotopic (exact) mass is 316 g/mol. The van der Waals surface area contributed by atoms with Crippen LogP contribution >= 0.6 is 0 Å². The molecule has 2 N–H and O–H groups in total. The van der Waals surface area contributed by atoms with Crippen molar-refractivity contribution in [1.29, 1.82) is 0 Å². The Bertz CT molecular complexity index is 678. The maximum Gasteiger partial charge on any atom is 0.253 e. The van der Waals surface area contributed by atoms with Crippen molar-refractivity contribution in [2.45, 2.75) is 46.1 Å². The Balaban J connectivity index is 2.16. The van der Waals surface area contributed by atoms with Crippen LogP contribution in [0.3, 0.4) is 0 Å². The Morgan fingerprint density at radius 2 is 2.13 bits per heavy atom. The molecule has 0 aliphatic rings. The van der Waals surface area contributed by atoms with Crippen LogP contribution in [0.1, 0.15) is 48.4 Å². The summed E-state index contributed by atoms with van der Waals surface area (Å²) in [6.07, 6.45) is 2.82. The maximum absolute atomic E-state index is 12.4. The molecule has 0 saturated carbocycles. The van der Waals surface area contributed by atoms with Crippen LogP contribution in [0.25, 0.3) is 5.82 Å². The van der Waals surface area contributed by atoms with E-state index in [1.165, 1.54) is 0 Å². The number of carbonyl (C=O) groups is 1. The van der Waals surface area contributed by atoms with Gasteiger partial charge in [0.25, 0.3) is 5.91 Å². The predicted octanol–water partition coefficient (Wildman–Crippen LogP) is 2.17. The number of nitrogens with zero attached hydrogens (tertiary/aromatic N) is 3. The lowest BCUT2D eigenvalue weighted by molar-refractivity contribution is 0.0886. The minimum atomic E-state index is -0.416. The summed E-state index contributed by atoms with van der Waals surface area (Å²) in [6, 6.07) is 5.50. The number of amides is 1. The lowest BCUT2D eigenvalue weighted by Crippen LogP contribution is -2.46. The first-order chi connectivity index (χ1) is 10.9.